The monoisotopic (exact) mass is 207 g/mol. The highest BCUT2D eigenvalue weighted by atomic mass is 19.1. The van der Waals surface area contributed by atoms with E-state index < -0.39 is 17.7 Å². The summed E-state index contributed by atoms with van der Waals surface area (Å²) in [5.74, 6) is -1.49. The van der Waals surface area contributed by atoms with Crippen molar-refractivity contribution in [2.45, 2.75) is 12.8 Å². The molecule has 1 rings (SSSR count). The van der Waals surface area contributed by atoms with Gasteiger partial charge >= 0.3 is 5.97 Å². The van der Waals surface area contributed by atoms with Gasteiger partial charge in [-0.3, -0.25) is 4.79 Å². The van der Waals surface area contributed by atoms with E-state index in [-0.39, 0.29) is 5.56 Å². The highest BCUT2D eigenvalue weighted by Crippen LogP contribution is 2.19. The molecule has 0 N–H and O–H groups in total. The number of nitriles is 1. The van der Waals surface area contributed by atoms with Gasteiger partial charge in [-0.15, -0.1) is 0 Å². The molecule has 3 nitrogen and oxygen atoms in total. The van der Waals surface area contributed by atoms with E-state index in [1.54, 1.807) is 13.0 Å². The van der Waals surface area contributed by atoms with Gasteiger partial charge in [-0.2, -0.15) is 5.26 Å². The molecule has 0 saturated carbocycles. The molecule has 0 unspecified atom stereocenters. The van der Waals surface area contributed by atoms with Crippen LogP contribution < -0.4 is 0 Å². The van der Waals surface area contributed by atoms with Crippen LogP contribution in [0.4, 0.5) is 4.39 Å². The molecule has 0 aromatic heterocycles. The number of esters is 1. The molecule has 0 saturated heterocycles. The van der Waals surface area contributed by atoms with Crippen molar-refractivity contribution in [3.05, 3.63) is 35.1 Å². The number of benzene rings is 1. The third kappa shape index (κ3) is 2.32. The zero-order chi connectivity index (χ0) is 11.4. The van der Waals surface area contributed by atoms with Crippen LogP contribution in [0, 0.1) is 17.1 Å². The Balaban J connectivity index is 3.07. The van der Waals surface area contributed by atoms with Crippen molar-refractivity contribution >= 4 is 5.97 Å². The van der Waals surface area contributed by atoms with E-state index in [4.69, 9.17) is 5.26 Å². The van der Waals surface area contributed by atoms with Crippen LogP contribution in [0.3, 0.4) is 0 Å². The zero-order valence-corrected chi connectivity index (χ0v) is 8.45. The number of hydrogen-bond donors (Lipinski definition) is 0. The standard InChI is InChI=1S/C11H10FNO2/c1-7(11(14)15-2)8-3-4-10(12)9(5-8)6-13/h3-5,7H,1-2H3/t7-/m0/s1. The molecule has 0 heterocycles. The van der Waals surface area contributed by atoms with Crippen LogP contribution in [0.15, 0.2) is 18.2 Å². The SMILES string of the molecule is COC(=O)[C@@H](C)c1ccc(F)c(C#N)c1. The molecule has 1 aromatic carbocycles. The quantitative estimate of drug-likeness (QED) is 0.696. The number of nitrogens with zero attached hydrogens (tertiary/aromatic N) is 1. The summed E-state index contributed by atoms with van der Waals surface area (Å²) in [6.07, 6.45) is 0. The fraction of sp³-hybridized carbons (Fsp3) is 0.273. The summed E-state index contributed by atoms with van der Waals surface area (Å²) >= 11 is 0. The van der Waals surface area contributed by atoms with E-state index >= 15 is 0 Å². The molecule has 15 heavy (non-hydrogen) atoms. The lowest BCUT2D eigenvalue weighted by atomic mass is 9.99. The zero-order valence-electron chi connectivity index (χ0n) is 8.45. The molecule has 0 spiro atoms. The number of halogens is 1. The van der Waals surface area contributed by atoms with Crippen LogP contribution in [0.2, 0.25) is 0 Å². The third-order valence-corrected chi connectivity index (χ3v) is 2.17. The molecular formula is C11H10FNO2. The number of hydrogen-bond acceptors (Lipinski definition) is 3. The van der Waals surface area contributed by atoms with Crippen LogP contribution >= 0.6 is 0 Å². The lowest BCUT2D eigenvalue weighted by Gasteiger charge is -2.09. The third-order valence-electron chi connectivity index (χ3n) is 2.17. The average molecular weight is 207 g/mol. The molecule has 78 valence electrons. The van der Waals surface area contributed by atoms with Crippen LogP contribution in [-0.2, 0) is 9.53 Å². The maximum Gasteiger partial charge on any atom is 0.312 e. The van der Waals surface area contributed by atoms with Crippen molar-refractivity contribution in [3.8, 4) is 6.07 Å². The molecule has 1 aromatic rings. The van der Waals surface area contributed by atoms with Crippen molar-refractivity contribution in [1.82, 2.24) is 0 Å². The lowest BCUT2D eigenvalue weighted by Crippen LogP contribution is -2.11. The van der Waals surface area contributed by atoms with Crippen molar-refractivity contribution in [3.63, 3.8) is 0 Å². The summed E-state index contributed by atoms with van der Waals surface area (Å²) in [7, 11) is 1.29. The number of carbonyl (C=O) groups is 1. The maximum atomic E-state index is 13.0. The minimum atomic E-state index is -0.585. The molecule has 0 aliphatic rings. The normalized spacial score (nSPS) is 11.6. The van der Waals surface area contributed by atoms with Gasteiger partial charge < -0.3 is 4.74 Å². The van der Waals surface area contributed by atoms with Crippen LogP contribution in [0.25, 0.3) is 0 Å². The van der Waals surface area contributed by atoms with Gasteiger partial charge in [0, 0.05) is 0 Å². The number of methoxy groups -OCH3 is 1. The van der Waals surface area contributed by atoms with Crippen LogP contribution in [-0.4, -0.2) is 13.1 Å². The van der Waals surface area contributed by atoms with E-state index in [1.165, 1.54) is 25.3 Å². The van der Waals surface area contributed by atoms with Gasteiger partial charge in [0.15, 0.2) is 0 Å². The van der Waals surface area contributed by atoms with Gasteiger partial charge in [0.2, 0.25) is 0 Å². The Morgan fingerprint density at radius 1 is 1.60 bits per heavy atom. The van der Waals surface area contributed by atoms with Crippen LogP contribution in [0.1, 0.15) is 24.0 Å². The van der Waals surface area contributed by atoms with Gasteiger partial charge in [-0.25, -0.2) is 4.39 Å². The highest BCUT2D eigenvalue weighted by Gasteiger charge is 2.16. The number of rotatable bonds is 2. The van der Waals surface area contributed by atoms with Crippen molar-refractivity contribution in [1.29, 1.82) is 5.26 Å². The summed E-state index contributed by atoms with van der Waals surface area (Å²) in [5, 5.41) is 8.61. The summed E-state index contributed by atoms with van der Waals surface area (Å²) in [5.41, 5.74) is 0.503. The molecule has 0 aliphatic carbocycles. The molecular weight excluding hydrogens is 197 g/mol. The minimum absolute atomic E-state index is 0.0664. The Hall–Kier alpha value is -1.89. The summed E-state index contributed by atoms with van der Waals surface area (Å²) < 4.78 is 17.5. The first-order valence-corrected chi connectivity index (χ1v) is 4.37. The summed E-state index contributed by atoms with van der Waals surface area (Å²) in [6.45, 7) is 1.64. The van der Waals surface area contributed by atoms with E-state index in [0.29, 0.717) is 5.56 Å². The summed E-state index contributed by atoms with van der Waals surface area (Å²) in [4.78, 5) is 11.2. The second-order valence-electron chi connectivity index (χ2n) is 3.10. The fourth-order valence-electron chi connectivity index (χ4n) is 1.21. The average Bonchev–Trinajstić information content (AvgIpc) is 2.27. The fourth-order valence-corrected chi connectivity index (χ4v) is 1.21. The minimum Gasteiger partial charge on any atom is -0.469 e. The van der Waals surface area contributed by atoms with Gasteiger partial charge in [0.25, 0.3) is 0 Å². The maximum absolute atomic E-state index is 13.0. The smallest absolute Gasteiger partial charge is 0.312 e. The topological polar surface area (TPSA) is 50.1 Å². The molecule has 4 heteroatoms. The van der Waals surface area contributed by atoms with Crippen LogP contribution in [0.5, 0.6) is 0 Å². The first-order chi connectivity index (χ1) is 7.10. The van der Waals surface area contributed by atoms with Gasteiger partial charge in [0.05, 0.1) is 18.6 Å². The second kappa shape index (κ2) is 4.56. The Labute approximate surface area is 87.1 Å². The Morgan fingerprint density at radius 3 is 2.80 bits per heavy atom. The number of ether oxygens (including phenoxy) is 1. The van der Waals surface area contributed by atoms with Gasteiger partial charge in [-0.1, -0.05) is 6.07 Å². The second-order valence-corrected chi connectivity index (χ2v) is 3.10. The predicted octanol–water partition coefficient (Wildman–Crippen LogP) is 1.97. The van der Waals surface area contributed by atoms with Gasteiger partial charge in [-0.05, 0) is 24.6 Å². The first kappa shape index (κ1) is 11.2. The van der Waals surface area contributed by atoms with E-state index in [2.05, 4.69) is 4.74 Å². The lowest BCUT2D eigenvalue weighted by molar-refractivity contribution is -0.141. The Bertz CT molecular complexity index is 423. The van der Waals surface area contributed by atoms with E-state index in [1.807, 2.05) is 0 Å². The molecule has 1 atom stereocenters. The Kier molecular flexibility index (Phi) is 3.40. The molecule has 0 bridgehead atoms. The molecule has 0 fully saturated rings. The highest BCUT2D eigenvalue weighted by molar-refractivity contribution is 5.77. The predicted molar refractivity (Wildman–Crippen MR) is 51.5 cm³/mol. The first-order valence-electron chi connectivity index (χ1n) is 4.37. The molecule has 0 aliphatic heterocycles. The van der Waals surface area contributed by atoms with Crippen molar-refractivity contribution in [2.75, 3.05) is 7.11 Å². The van der Waals surface area contributed by atoms with Crippen molar-refractivity contribution < 1.29 is 13.9 Å². The van der Waals surface area contributed by atoms with Crippen molar-refractivity contribution in [2.24, 2.45) is 0 Å². The molecule has 0 radical (unpaired) electrons. The van der Waals surface area contributed by atoms with E-state index in [9.17, 15) is 9.18 Å². The van der Waals surface area contributed by atoms with Gasteiger partial charge in [0.1, 0.15) is 11.9 Å². The largest absolute Gasteiger partial charge is 0.469 e. The Morgan fingerprint density at radius 2 is 2.27 bits per heavy atom. The van der Waals surface area contributed by atoms with E-state index in [0.717, 1.165) is 0 Å². The summed E-state index contributed by atoms with van der Waals surface area (Å²) in [6, 6.07) is 5.72. The molecule has 0 amide bonds. The number of carbonyl (C=O) groups excluding carboxylic acids is 1.